The van der Waals surface area contributed by atoms with Gasteiger partial charge < -0.3 is 9.26 Å². The SMILES string of the molecule is O=[N+]([O-])c1ccc(Cl)cc1OCc1cnoc1. The molecule has 0 aliphatic rings. The zero-order valence-corrected chi connectivity index (χ0v) is 9.26. The molecule has 0 bridgehead atoms. The predicted octanol–water partition coefficient (Wildman–Crippen LogP) is 2.82. The Morgan fingerprint density at radius 3 is 3.00 bits per heavy atom. The van der Waals surface area contributed by atoms with Crippen molar-refractivity contribution in [2.45, 2.75) is 6.61 Å². The van der Waals surface area contributed by atoms with Gasteiger partial charge in [0.15, 0.2) is 5.75 Å². The van der Waals surface area contributed by atoms with Crippen LogP contribution in [0.3, 0.4) is 0 Å². The third kappa shape index (κ3) is 2.73. The lowest BCUT2D eigenvalue weighted by Gasteiger charge is -2.05. The number of benzene rings is 1. The number of rotatable bonds is 4. The van der Waals surface area contributed by atoms with Gasteiger partial charge in [-0.1, -0.05) is 16.8 Å². The zero-order valence-electron chi connectivity index (χ0n) is 8.50. The van der Waals surface area contributed by atoms with Crippen LogP contribution in [0.5, 0.6) is 5.75 Å². The molecule has 0 unspecified atom stereocenters. The first-order valence-corrected chi connectivity index (χ1v) is 4.99. The van der Waals surface area contributed by atoms with E-state index in [2.05, 4.69) is 9.68 Å². The van der Waals surface area contributed by atoms with E-state index in [1.165, 1.54) is 30.7 Å². The predicted molar refractivity (Wildman–Crippen MR) is 58.9 cm³/mol. The van der Waals surface area contributed by atoms with E-state index < -0.39 is 4.92 Å². The molecule has 0 radical (unpaired) electrons. The molecule has 0 saturated carbocycles. The molecule has 0 fully saturated rings. The van der Waals surface area contributed by atoms with Crippen molar-refractivity contribution >= 4 is 17.3 Å². The molecule has 0 aliphatic heterocycles. The fourth-order valence-electron chi connectivity index (χ4n) is 1.21. The lowest BCUT2D eigenvalue weighted by molar-refractivity contribution is -0.385. The van der Waals surface area contributed by atoms with E-state index in [0.717, 1.165) is 0 Å². The Morgan fingerprint density at radius 1 is 1.53 bits per heavy atom. The van der Waals surface area contributed by atoms with E-state index in [9.17, 15) is 10.1 Å². The molecule has 7 heteroatoms. The molecule has 6 nitrogen and oxygen atoms in total. The van der Waals surface area contributed by atoms with E-state index in [1.54, 1.807) is 0 Å². The van der Waals surface area contributed by atoms with Gasteiger partial charge in [-0.05, 0) is 6.07 Å². The van der Waals surface area contributed by atoms with Gasteiger partial charge in [-0.3, -0.25) is 10.1 Å². The van der Waals surface area contributed by atoms with Crippen LogP contribution in [0.15, 0.2) is 35.2 Å². The van der Waals surface area contributed by atoms with Crippen LogP contribution in [0.1, 0.15) is 5.56 Å². The normalized spacial score (nSPS) is 10.2. The first-order chi connectivity index (χ1) is 8.16. The molecule has 0 spiro atoms. The van der Waals surface area contributed by atoms with Crippen LogP contribution in [0, 0.1) is 10.1 Å². The molecule has 0 atom stereocenters. The minimum Gasteiger partial charge on any atom is -0.482 e. The molecule has 2 aromatic rings. The van der Waals surface area contributed by atoms with Gasteiger partial charge in [0.25, 0.3) is 0 Å². The number of nitrogens with zero attached hydrogens (tertiary/aromatic N) is 2. The van der Waals surface area contributed by atoms with Gasteiger partial charge in [0.05, 0.1) is 11.1 Å². The van der Waals surface area contributed by atoms with Gasteiger partial charge in [-0.2, -0.15) is 0 Å². The van der Waals surface area contributed by atoms with Gasteiger partial charge in [0.2, 0.25) is 0 Å². The number of aromatic nitrogens is 1. The average molecular weight is 255 g/mol. The molecule has 88 valence electrons. The van der Waals surface area contributed by atoms with Crippen molar-refractivity contribution in [2.75, 3.05) is 0 Å². The van der Waals surface area contributed by atoms with E-state index in [4.69, 9.17) is 16.3 Å². The summed E-state index contributed by atoms with van der Waals surface area (Å²) in [5.41, 5.74) is 0.546. The lowest BCUT2D eigenvalue weighted by Crippen LogP contribution is -1.98. The third-order valence-corrected chi connectivity index (χ3v) is 2.23. The number of nitro groups is 1. The summed E-state index contributed by atoms with van der Waals surface area (Å²) in [7, 11) is 0. The van der Waals surface area contributed by atoms with Crippen molar-refractivity contribution in [1.29, 1.82) is 0 Å². The van der Waals surface area contributed by atoms with Crippen LogP contribution >= 0.6 is 11.6 Å². The molecule has 0 saturated heterocycles. The molecule has 1 aromatic carbocycles. The van der Waals surface area contributed by atoms with Crippen LogP contribution in [0.25, 0.3) is 0 Å². The van der Waals surface area contributed by atoms with Gasteiger partial charge in [-0.25, -0.2) is 0 Å². The van der Waals surface area contributed by atoms with Gasteiger partial charge in [-0.15, -0.1) is 0 Å². The van der Waals surface area contributed by atoms with Gasteiger partial charge in [0.1, 0.15) is 12.9 Å². The molecular weight excluding hydrogens is 248 g/mol. The Labute approximate surface area is 101 Å². The maximum atomic E-state index is 10.7. The summed E-state index contributed by atoms with van der Waals surface area (Å²) in [6, 6.07) is 4.13. The molecule has 2 rings (SSSR count). The van der Waals surface area contributed by atoms with Crippen LogP contribution in [-0.2, 0) is 6.61 Å². The third-order valence-electron chi connectivity index (χ3n) is 2.00. The fraction of sp³-hybridized carbons (Fsp3) is 0.100. The maximum Gasteiger partial charge on any atom is 0.311 e. The van der Waals surface area contributed by atoms with E-state index in [0.29, 0.717) is 10.6 Å². The highest BCUT2D eigenvalue weighted by Crippen LogP contribution is 2.30. The average Bonchev–Trinajstić information content (AvgIpc) is 2.78. The number of ether oxygens (including phenoxy) is 1. The Balaban J connectivity index is 2.19. The second-order valence-electron chi connectivity index (χ2n) is 3.19. The Hall–Kier alpha value is -2.08. The summed E-state index contributed by atoms with van der Waals surface area (Å²) < 4.78 is 9.91. The van der Waals surface area contributed by atoms with E-state index >= 15 is 0 Å². The summed E-state index contributed by atoms with van der Waals surface area (Å²) in [6.07, 6.45) is 2.87. The quantitative estimate of drug-likeness (QED) is 0.619. The minimum absolute atomic E-state index is 0.115. The second-order valence-corrected chi connectivity index (χ2v) is 3.63. The summed E-state index contributed by atoms with van der Waals surface area (Å²) in [6.45, 7) is 0.130. The zero-order chi connectivity index (χ0) is 12.3. The Kier molecular flexibility index (Phi) is 3.24. The largest absolute Gasteiger partial charge is 0.482 e. The van der Waals surface area contributed by atoms with E-state index in [-0.39, 0.29) is 18.0 Å². The molecule has 0 aliphatic carbocycles. The lowest BCUT2D eigenvalue weighted by atomic mass is 10.3. The second kappa shape index (κ2) is 4.84. The van der Waals surface area contributed by atoms with Gasteiger partial charge >= 0.3 is 5.69 Å². The van der Waals surface area contributed by atoms with Crippen molar-refractivity contribution in [3.05, 3.63) is 51.4 Å². The number of halogens is 1. The number of hydrogen-bond donors (Lipinski definition) is 0. The smallest absolute Gasteiger partial charge is 0.311 e. The van der Waals surface area contributed by atoms with Crippen LogP contribution < -0.4 is 4.74 Å². The Bertz CT molecular complexity index is 527. The standard InChI is InChI=1S/C10H7ClN2O4/c11-8-1-2-9(13(14)15)10(3-8)16-5-7-4-12-17-6-7/h1-4,6H,5H2. The van der Waals surface area contributed by atoms with Gasteiger partial charge in [0, 0.05) is 22.7 Å². The summed E-state index contributed by atoms with van der Waals surface area (Å²) in [4.78, 5) is 10.2. The number of nitro benzene ring substituents is 1. The van der Waals surface area contributed by atoms with Crippen molar-refractivity contribution in [3.63, 3.8) is 0 Å². The molecule has 1 aromatic heterocycles. The van der Waals surface area contributed by atoms with Crippen LogP contribution in [0.2, 0.25) is 5.02 Å². The molecule has 0 amide bonds. The first-order valence-electron chi connectivity index (χ1n) is 4.62. The number of hydrogen-bond acceptors (Lipinski definition) is 5. The van der Waals surface area contributed by atoms with Crippen molar-refractivity contribution < 1.29 is 14.2 Å². The highest BCUT2D eigenvalue weighted by molar-refractivity contribution is 6.30. The topological polar surface area (TPSA) is 78.4 Å². The first kappa shape index (κ1) is 11.4. The fourth-order valence-corrected chi connectivity index (χ4v) is 1.38. The summed E-state index contributed by atoms with van der Waals surface area (Å²) >= 11 is 5.75. The molecule has 0 N–H and O–H groups in total. The molecule has 1 heterocycles. The summed E-state index contributed by atoms with van der Waals surface area (Å²) in [5, 5.41) is 14.6. The maximum absolute atomic E-state index is 10.7. The van der Waals surface area contributed by atoms with Crippen LogP contribution in [0.4, 0.5) is 5.69 Å². The summed E-state index contributed by atoms with van der Waals surface area (Å²) in [5.74, 6) is 0.115. The molecule has 17 heavy (non-hydrogen) atoms. The highest BCUT2D eigenvalue weighted by atomic mass is 35.5. The van der Waals surface area contributed by atoms with Crippen molar-refractivity contribution in [2.24, 2.45) is 0 Å². The highest BCUT2D eigenvalue weighted by Gasteiger charge is 2.15. The monoisotopic (exact) mass is 254 g/mol. The minimum atomic E-state index is -0.528. The van der Waals surface area contributed by atoms with E-state index in [1.807, 2.05) is 0 Å². The van der Waals surface area contributed by atoms with Crippen molar-refractivity contribution in [3.8, 4) is 5.75 Å². The molecular formula is C10H7ClN2O4. The Morgan fingerprint density at radius 2 is 2.35 bits per heavy atom. The van der Waals surface area contributed by atoms with Crippen molar-refractivity contribution in [1.82, 2.24) is 5.16 Å². The van der Waals surface area contributed by atoms with Crippen LogP contribution in [-0.4, -0.2) is 10.1 Å².